The third-order valence-electron chi connectivity index (χ3n) is 3.11. The SMILES string of the molecule is O=C(Cc1ccc(OCc2ccc(F)c(F)c2)cc1)NCCO. The molecule has 6 heteroatoms. The number of carbonyl (C=O) groups is 1. The molecule has 0 aliphatic heterocycles. The van der Waals surface area contributed by atoms with Crippen molar-refractivity contribution in [2.45, 2.75) is 13.0 Å². The lowest BCUT2D eigenvalue weighted by Crippen LogP contribution is -2.27. The number of rotatable bonds is 7. The molecule has 2 rings (SSSR count). The molecule has 0 aliphatic rings. The van der Waals surface area contributed by atoms with E-state index in [1.807, 2.05) is 0 Å². The number of aliphatic hydroxyl groups is 1. The molecule has 23 heavy (non-hydrogen) atoms. The quantitative estimate of drug-likeness (QED) is 0.822. The maximum absolute atomic E-state index is 13.1. The van der Waals surface area contributed by atoms with E-state index in [9.17, 15) is 13.6 Å². The Hall–Kier alpha value is -2.47. The van der Waals surface area contributed by atoms with Gasteiger partial charge in [0, 0.05) is 6.54 Å². The summed E-state index contributed by atoms with van der Waals surface area (Å²) in [5.41, 5.74) is 1.33. The third kappa shape index (κ3) is 5.34. The summed E-state index contributed by atoms with van der Waals surface area (Å²) in [6.45, 7) is 0.254. The van der Waals surface area contributed by atoms with E-state index in [4.69, 9.17) is 9.84 Å². The second kappa shape index (κ2) is 8.24. The number of nitrogens with one attached hydrogen (secondary N) is 1. The van der Waals surface area contributed by atoms with Crippen LogP contribution in [0.3, 0.4) is 0 Å². The molecule has 2 aromatic rings. The summed E-state index contributed by atoms with van der Waals surface area (Å²) in [5.74, 6) is -1.41. The Bertz CT molecular complexity index is 659. The second-order valence-corrected chi connectivity index (χ2v) is 4.93. The van der Waals surface area contributed by atoms with Gasteiger partial charge in [-0.25, -0.2) is 8.78 Å². The highest BCUT2D eigenvalue weighted by Crippen LogP contribution is 2.16. The largest absolute Gasteiger partial charge is 0.489 e. The maximum Gasteiger partial charge on any atom is 0.224 e. The first-order chi connectivity index (χ1) is 11.1. The van der Waals surface area contributed by atoms with Crippen molar-refractivity contribution < 1.29 is 23.4 Å². The van der Waals surface area contributed by atoms with Gasteiger partial charge in [-0.2, -0.15) is 0 Å². The van der Waals surface area contributed by atoms with Crippen molar-refractivity contribution in [2.24, 2.45) is 0 Å². The molecule has 2 aromatic carbocycles. The van der Waals surface area contributed by atoms with Crippen LogP contribution in [0.15, 0.2) is 42.5 Å². The van der Waals surface area contributed by atoms with Crippen LogP contribution in [0.25, 0.3) is 0 Å². The lowest BCUT2D eigenvalue weighted by Gasteiger charge is -2.08. The van der Waals surface area contributed by atoms with Crippen molar-refractivity contribution in [3.8, 4) is 5.75 Å². The third-order valence-corrected chi connectivity index (χ3v) is 3.11. The predicted molar refractivity (Wildman–Crippen MR) is 80.9 cm³/mol. The summed E-state index contributed by atoms with van der Waals surface area (Å²) in [6.07, 6.45) is 0.212. The summed E-state index contributed by atoms with van der Waals surface area (Å²) < 4.78 is 31.4. The van der Waals surface area contributed by atoms with Crippen LogP contribution in [0.5, 0.6) is 5.75 Å². The predicted octanol–water partition coefficient (Wildman–Crippen LogP) is 2.19. The molecule has 0 spiro atoms. The maximum atomic E-state index is 13.1. The van der Waals surface area contributed by atoms with Gasteiger partial charge in [0.25, 0.3) is 0 Å². The zero-order valence-corrected chi connectivity index (χ0v) is 12.4. The molecule has 0 unspecified atom stereocenters. The fourth-order valence-corrected chi connectivity index (χ4v) is 1.94. The van der Waals surface area contributed by atoms with Gasteiger partial charge in [0.1, 0.15) is 12.4 Å². The summed E-state index contributed by atoms with van der Waals surface area (Å²) >= 11 is 0. The highest BCUT2D eigenvalue weighted by molar-refractivity contribution is 5.78. The summed E-state index contributed by atoms with van der Waals surface area (Å²) in [4.78, 5) is 11.5. The van der Waals surface area contributed by atoms with Gasteiger partial charge in [-0.3, -0.25) is 4.79 Å². The van der Waals surface area contributed by atoms with Crippen molar-refractivity contribution in [3.05, 3.63) is 65.2 Å². The topological polar surface area (TPSA) is 58.6 Å². The number of carbonyl (C=O) groups excluding carboxylic acids is 1. The Morgan fingerprint density at radius 3 is 2.39 bits per heavy atom. The van der Waals surface area contributed by atoms with E-state index in [0.717, 1.165) is 17.7 Å². The van der Waals surface area contributed by atoms with E-state index in [0.29, 0.717) is 11.3 Å². The fourth-order valence-electron chi connectivity index (χ4n) is 1.94. The molecule has 0 fully saturated rings. The highest BCUT2D eigenvalue weighted by Gasteiger charge is 2.05. The summed E-state index contributed by atoms with van der Waals surface area (Å²) in [5, 5.41) is 11.2. The van der Waals surface area contributed by atoms with Crippen molar-refractivity contribution >= 4 is 5.91 Å². The van der Waals surface area contributed by atoms with E-state index in [-0.39, 0.29) is 32.1 Å². The van der Waals surface area contributed by atoms with Crippen LogP contribution in [-0.4, -0.2) is 24.2 Å². The van der Waals surface area contributed by atoms with Crippen molar-refractivity contribution in [2.75, 3.05) is 13.2 Å². The Labute approximate surface area is 132 Å². The first-order valence-corrected chi connectivity index (χ1v) is 7.11. The Kier molecular flexibility index (Phi) is 6.05. The lowest BCUT2D eigenvalue weighted by atomic mass is 10.1. The zero-order valence-electron chi connectivity index (χ0n) is 12.4. The molecule has 4 nitrogen and oxygen atoms in total. The van der Waals surface area contributed by atoms with Crippen molar-refractivity contribution in [1.29, 1.82) is 0 Å². The standard InChI is InChI=1S/C17H17F2NO3/c18-15-6-3-13(9-16(15)19)11-23-14-4-1-12(2-5-14)10-17(22)20-7-8-21/h1-6,9,21H,7-8,10-11H2,(H,20,22). The normalized spacial score (nSPS) is 10.4. The molecule has 122 valence electrons. The van der Waals surface area contributed by atoms with E-state index < -0.39 is 11.6 Å². The minimum atomic E-state index is -0.907. The van der Waals surface area contributed by atoms with Crippen LogP contribution < -0.4 is 10.1 Å². The van der Waals surface area contributed by atoms with Crippen LogP contribution in [0, 0.1) is 11.6 Å². The Balaban J connectivity index is 1.87. The molecule has 0 atom stereocenters. The molecular formula is C17H17F2NO3. The molecule has 0 aliphatic carbocycles. The molecule has 0 radical (unpaired) electrons. The van der Waals surface area contributed by atoms with Crippen molar-refractivity contribution in [1.82, 2.24) is 5.32 Å². The molecule has 2 N–H and O–H groups in total. The smallest absolute Gasteiger partial charge is 0.224 e. The van der Waals surface area contributed by atoms with Crippen LogP contribution in [0.1, 0.15) is 11.1 Å². The number of benzene rings is 2. The van der Waals surface area contributed by atoms with E-state index in [2.05, 4.69) is 5.32 Å². The van der Waals surface area contributed by atoms with Gasteiger partial charge in [-0.1, -0.05) is 18.2 Å². The van der Waals surface area contributed by atoms with Crippen molar-refractivity contribution in [3.63, 3.8) is 0 Å². The highest BCUT2D eigenvalue weighted by atomic mass is 19.2. The average molecular weight is 321 g/mol. The first-order valence-electron chi connectivity index (χ1n) is 7.11. The van der Waals surface area contributed by atoms with Crippen LogP contribution in [-0.2, 0) is 17.8 Å². The fraction of sp³-hybridized carbons (Fsp3) is 0.235. The molecule has 1 amide bonds. The molecular weight excluding hydrogens is 304 g/mol. The molecule has 0 saturated heterocycles. The van der Waals surface area contributed by atoms with Gasteiger partial charge < -0.3 is 15.2 Å². The minimum absolute atomic E-state index is 0.0947. The van der Waals surface area contributed by atoms with E-state index >= 15 is 0 Å². The van der Waals surface area contributed by atoms with Gasteiger partial charge >= 0.3 is 0 Å². The molecule has 0 aromatic heterocycles. The minimum Gasteiger partial charge on any atom is -0.489 e. The first kappa shape index (κ1) is 16.9. The Morgan fingerprint density at radius 2 is 1.74 bits per heavy atom. The number of hydrogen-bond donors (Lipinski definition) is 2. The van der Waals surface area contributed by atoms with Crippen LogP contribution in [0.2, 0.25) is 0 Å². The van der Waals surface area contributed by atoms with Gasteiger partial charge in [-0.05, 0) is 35.4 Å². The zero-order chi connectivity index (χ0) is 16.7. The van der Waals surface area contributed by atoms with E-state index in [1.165, 1.54) is 6.07 Å². The monoisotopic (exact) mass is 321 g/mol. The number of amides is 1. The van der Waals surface area contributed by atoms with E-state index in [1.54, 1.807) is 24.3 Å². The molecule has 0 heterocycles. The van der Waals surface area contributed by atoms with Gasteiger partial charge in [0.15, 0.2) is 11.6 Å². The number of hydrogen-bond acceptors (Lipinski definition) is 3. The molecule has 0 bridgehead atoms. The second-order valence-electron chi connectivity index (χ2n) is 4.93. The number of aliphatic hydroxyl groups excluding tert-OH is 1. The average Bonchev–Trinajstić information content (AvgIpc) is 2.55. The van der Waals surface area contributed by atoms with Gasteiger partial charge in [0.05, 0.1) is 13.0 Å². The summed E-state index contributed by atoms with van der Waals surface area (Å²) in [6, 6.07) is 10.5. The summed E-state index contributed by atoms with van der Waals surface area (Å²) in [7, 11) is 0. The Morgan fingerprint density at radius 1 is 1.04 bits per heavy atom. The molecule has 0 saturated carbocycles. The van der Waals surface area contributed by atoms with Crippen LogP contribution >= 0.6 is 0 Å². The van der Waals surface area contributed by atoms with Gasteiger partial charge in [0.2, 0.25) is 5.91 Å². The number of ether oxygens (including phenoxy) is 1. The number of halogens is 2. The van der Waals surface area contributed by atoms with Crippen LogP contribution in [0.4, 0.5) is 8.78 Å². The lowest BCUT2D eigenvalue weighted by molar-refractivity contribution is -0.120. The van der Waals surface area contributed by atoms with Gasteiger partial charge in [-0.15, -0.1) is 0 Å².